The molecule has 1 aromatic carbocycles. The van der Waals surface area contributed by atoms with Crippen LogP contribution in [0.4, 0.5) is 0 Å². The summed E-state index contributed by atoms with van der Waals surface area (Å²) in [5, 5.41) is 13.0. The number of carbonyl (C=O) groups is 1. The van der Waals surface area contributed by atoms with Crippen LogP contribution in [-0.4, -0.2) is 49.4 Å². The normalized spacial score (nSPS) is 15.3. The third-order valence-electron chi connectivity index (χ3n) is 4.49. The van der Waals surface area contributed by atoms with Crippen LogP contribution in [0.1, 0.15) is 39.0 Å². The molecule has 1 aromatic heterocycles. The number of nitrogens with zero attached hydrogens (tertiary/aromatic N) is 5. The zero-order valence-corrected chi connectivity index (χ0v) is 15.8. The van der Waals surface area contributed by atoms with Crippen LogP contribution >= 0.6 is 23.4 Å². The minimum Gasteiger partial charge on any atom is -0.339 e. The van der Waals surface area contributed by atoms with Gasteiger partial charge < -0.3 is 4.90 Å². The summed E-state index contributed by atoms with van der Waals surface area (Å²) in [6.07, 6.45) is 5.95. The summed E-state index contributed by atoms with van der Waals surface area (Å²) in [4.78, 5) is 14.7. The van der Waals surface area contributed by atoms with Gasteiger partial charge in [-0.3, -0.25) is 4.79 Å². The number of tetrazole rings is 1. The molecule has 0 spiro atoms. The molecule has 1 aliphatic carbocycles. The molecule has 0 radical (unpaired) electrons. The molecule has 1 heterocycles. The second kappa shape index (κ2) is 8.67. The van der Waals surface area contributed by atoms with Crippen LogP contribution in [0.25, 0.3) is 5.69 Å². The first kappa shape index (κ1) is 18.2. The first-order chi connectivity index (χ1) is 12.2. The van der Waals surface area contributed by atoms with Gasteiger partial charge in [0.05, 0.1) is 11.4 Å². The zero-order chi connectivity index (χ0) is 17.6. The van der Waals surface area contributed by atoms with Crippen molar-refractivity contribution >= 4 is 29.3 Å². The van der Waals surface area contributed by atoms with Gasteiger partial charge >= 0.3 is 0 Å². The average Bonchev–Trinajstić information content (AvgIpc) is 3.10. The number of carbonyl (C=O) groups excluding carboxylic acids is 1. The number of benzene rings is 1. The Kier molecular flexibility index (Phi) is 6.31. The van der Waals surface area contributed by atoms with Crippen molar-refractivity contribution < 1.29 is 4.79 Å². The molecule has 0 N–H and O–H groups in total. The maximum Gasteiger partial charge on any atom is 0.233 e. The van der Waals surface area contributed by atoms with E-state index in [-0.39, 0.29) is 5.91 Å². The Bertz CT molecular complexity index is 717. The highest BCUT2D eigenvalue weighted by molar-refractivity contribution is 7.99. The molecule has 0 atom stereocenters. The first-order valence-electron chi connectivity index (χ1n) is 8.65. The molecule has 8 heteroatoms. The molecule has 3 rings (SSSR count). The number of hydrogen-bond acceptors (Lipinski definition) is 5. The molecule has 1 fully saturated rings. The second-order valence-corrected chi connectivity index (χ2v) is 7.49. The maximum absolute atomic E-state index is 12.7. The lowest BCUT2D eigenvalue weighted by molar-refractivity contribution is -0.131. The largest absolute Gasteiger partial charge is 0.339 e. The molecule has 2 aromatic rings. The fourth-order valence-electron chi connectivity index (χ4n) is 3.28. The molecular formula is C17H22ClN5OS. The second-order valence-electron chi connectivity index (χ2n) is 6.11. The summed E-state index contributed by atoms with van der Waals surface area (Å²) >= 11 is 7.40. The molecule has 1 saturated carbocycles. The van der Waals surface area contributed by atoms with Crippen molar-refractivity contribution in [3.63, 3.8) is 0 Å². The Morgan fingerprint density at radius 2 is 2.16 bits per heavy atom. The smallest absolute Gasteiger partial charge is 0.233 e. The fourth-order valence-corrected chi connectivity index (χ4v) is 4.24. The highest BCUT2D eigenvalue weighted by Crippen LogP contribution is 2.25. The van der Waals surface area contributed by atoms with E-state index in [0.717, 1.165) is 25.1 Å². The topological polar surface area (TPSA) is 63.9 Å². The van der Waals surface area contributed by atoms with Gasteiger partial charge in [-0.15, -0.1) is 5.10 Å². The lowest BCUT2D eigenvalue weighted by Gasteiger charge is -2.33. The summed E-state index contributed by atoms with van der Waals surface area (Å²) in [7, 11) is 0. The summed E-state index contributed by atoms with van der Waals surface area (Å²) in [6, 6.07) is 7.71. The summed E-state index contributed by atoms with van der Waals surface area (Å²) in [5.41, 5.74) is 0.784. The quantitative estimate of drug-likeness (QED) is 0.717. The SMILES string of the molecule is CCN(C(=O)CSc1nnnn1-c1cccc(Cl)c1)C1CCCCC1. The average molecular weight is 380 g/mol. The molecule has 1 aliphatic rings. The van der Waals surface area contributed by atoms with Gasteiger partial charge in [0.1, 0.15) is 0 Å². The molecule has 6 nitrogen and oxygen atoms in total. The molecule has 0 bridgehead atoms. The lowest BCUT2D eigenvalue weighted by atomic mass is 9.94. The Morgan fingerprint density at radius 1 is 1.36 bits per heavy atom. The van der Waals surface area contributed by atoms with Gasteiger partial charge in [-0.05, 0) is 48.4 Å². The highest BCUT2D eigenvalue weighted by Gasteiger charge is 2.24. The number of thioether (sulfide) groups is 1. The van der Waals surface area contributed by atoms with Gasteiger partial charge in [0.2, 0.25) is 11.1 Å². The van der Waals surface area contributed by atoms with Crippen LogP contribution < -0.4 is 0 Å². The first-order valence-corrected chi connectivity index (χ1v) is 10.0. The van der Waals surface area contributed by atoms with Crippen molar-refractivity contribution in [2.45, 2.75) is 50.2 Å². The monoisotopic (exact) mass is 379 g/mol. The van der Waals surface area contributed by atoms with Crippen molar-refractivity contribution in [1.82, 2.24) is 25.1 Å². The maximum atomic E-state index is 12.7. The summed E-state index contributed by atoms with van der Waals surface area (Å²) < 4.78 is 1.61. The molecule has 0 saturated heterocycles. The van der Waals surface area contributed by atoms with E-state index in [1.54, 1.807) is 16.8 Å². The highest BCUT2D eigenvalue weighted by atomic mass is 35.5. The van der Waals surface area contributed by atoms with Crippen LogP contribution in [0.2, 0.25) is 5.02 Å². The van der Waals surface area contributed by atoms with Crippen molar-refractivity contribution in [2.75, 3.05) is 12.3 Å². The third kappa shape index (κ3) is 4.52. The predicted molar refractivity (Wildman–Crippen MR) is 99.1 cm³/mol. The Hall–Kier alpha value is -1.60. The summed E-state index contributed by atoms with van der Waals surface area (Å²) in [6.45, 7) is 2.80. The van der Waals surface area contributed by atoms with E-state index in [1.165, 1.54) is 31.0 Å². The number of rotatable bonds is 6. The Labute approximate surface area is 156 Å². The van der Waals surface area contributed by atoms with E-state index in [2.05, 4.69) is 15.5 Å². The van der Waals surface area contributed by atoms with E-state index in [9.17, 15) is 4.79 Å². The van der Waals surface area contributed by atoms with Gasteiger partial charge in [-0.25, -0.2) is 0 Å². The minimum absolute atomic E-state index is 0.153. The van der Waals surface area contributed by atoms with Crippen LogP contribution in [-0.2, 0) is 4.79 Å². The molecule has 1 amide bonds. The zero-order valence-electron chi connectivity index (χ0n) is 14.3. The lowest BCUT2D eigenvalue weighted by Crippen LogP contribution is -2.42. The van der Waals surface area contributed by atoms with Gasteiger partial charge in [0, 0.05) is 17.6 Å². The van der Waals surface area contributed by atoms with Crippen LogP contribution in [0.15, 0.2) is 29.4 Å². The summed E-state index contributed by atoms with van der Waals surface area (Å²) in [5.74, 6) is 0.491. The van der Waals surface area contributed by atoms with Gasteiger partial charge in [-0.1, -0.05) is 48.7 Å². The van der Waals surface area contributed by atoms with Crippen molar-refractivity contribution in [3.8, 4) is 5.69 Å². The van der Waals surface area contributed by atoms with E-state index in [4.69, 9.17) is 11.6 Å². The van der Waals surface area contributed by atoms with E-state index in [1.807, 2.05) is 24.0 Å². The third-order valence-corrected chi connectivity index (χ3v) is 5.63. The van der Waals surface area contributed by atoms with Gasteiger partial charge in [0.15, 0.2) is 0 Å². The number of aromatic nitrogens is 4. The van der Waals surface area contributed by atoms with Crippen LogP contribution in [0.5, 0.6) is 0 Å². The van der Waals surface area contributed by atoms with E-state index < -0.39 is 0 Å². The van der Waals surface area contributed by atoms with Gasteiger partial charge in [-0.2, -0.15) is 4.68 Å². The van der Waals surface area contributed by atoms with Crippen molar-refractivity contribution in [2.24, 2.45) is 0 Å². The van der Waals surface area contributed by atoms with E-state index >= 15 is 0 Å². The molecule has 0 aliphatic heterocycles. The molecular weight excluding hydrogens is 358 g/mol. The number of halogens is 1. The van der Waals surface area contributed by atoms with Crippen molar-refractivity contribution in [3.05, 3.63) is 29.3 Å². The van der Waals surface area contributed by atoms with Crippen LogP contribution in [0, 0.1) is 0 Å². The van der Waals surface area contributed by atoms with Gasteiger partial charge in [0.25, 0.3) is 0 Å². The van der Waals surface area contributed by atoms with Crippen molar-refractivity contribution in [1.29, 1.82) is 0 Å². The Balaban J connectivity index is 1.65. The van der Waals surface area contributed by atoms with Crippen LogP contribution in [0.3, 0.4) is 0 Å². The molecule has 0 unspecified atom stereocenters. The minimum atomic E-state index is 0.153. The molecule has 134 valence electrons. The molecule has 25 heavy (non-hydrogen) atoms. The fraction of sp³-hybridized carbons (Fsp3) is 0.529. The number of hydrogen-bond donors (Lipinski definition) is 0. The standard InChI is InChI=1S/C17H22ClN5OS/c1-2-22(14-8-4-3-5-9-14)16(24)12-25-17-19-20-21-23(17)15-10-6-7-13(18)11-15/h6-7,10-11,14H,2-5,8-9,12H2,1H3. The Morgan fingerprint density at radius 3 is 2.88 bits per heavy atom. The van der Waals surface area contributed by atoms with E-state index in [0.29, 0.717) is 22.0 Å². The predicted octanol–water partition coefficient (Wildman–Crippen LogP) is 3.59. The number of amides is 1.